The van der Waals surface area contributed by atoms with E-state index in [-0.39, 0.29) is 5.60 Å². The predicted molar refractivity (Wildman–Crippen MR) is 70.9 cm³/mol. The van der Waals surface area contributed by atoms with Crippen molar-refractivity contribution >= 4 is 34.8 Å². The van der Waals surface area contributed by atoms with Gasteiger partial charge in [-0.2, -0.15) is 0 Å². The molecule has 0 bridgehead atoms. The van der Waals surface area contributed by atoms with Gasteiger partial charge < -0.3 is 15.4 Å². The van der Waals surface area contributed by atoms with E-state index in [2.05, 4.69) is 9.88 Å². The Bertz CT molecular complexity index is 437. The summed E-state index contributed by atoms with van der Waals surface area (Å²) in [6, 6.07) is 1.63. The Morgan fingerprint density at radius 3 is 2.76 bits per heavy atom. The van der Waals surface area contributed by atoms with E-state index >= 15 is 0 Å². The highest BCUT2D eigenvalue weighted by atomic mass is 35.5. The predicted octanol–water partition coefficient (Wildman–Crippen LogP) is 2.59. The van der Waals surface area contributed by atoms with Crippen molar-refractivity contribution in [3.8, 4) is 0 Å². The van der Waals surface area contributed by atoms with Gasteiger partial charge in [0.25, 0.3) is 0 Å². The smallest absolute Gasteiger partial charge is 0.150 e. The molecule has 0 spiro atoms. The fraction of sp³-hybridized carbons (Fsp3) is 0.545. The molecule has 1 aliphatic heterocycles. The molecular formula is C11H15Cl2N3O. The lowest BCUT2D eigenvalue weighted by Gasteiger charge is -2.39. The van der Waals surface area contributed by atoms with E-state index in [1.807, 2.05) is 13.8 Å². The number of rotatable bonds is 1. The molecular weight excluding hydrogens is 261 g/mol. The monoisotopic (exact) mass is 275 g/mol. The van der Waals surface area contributed by atoms with Crippen molar-refractivity contribution in [3.63, 3.8) is 0 Å². The number of halogens is 2. The summed E-state index contributed by atoms with van der Waals surface area (Å²) >= 11 is 12.0. The molecule has 0 radical (unpaired) electrons. The topological polar surface area (TPSA) is 51.4 Å². The second-order valence-electron chi connectivity index (χ2n) is 4.69. The molecule has 2 heterocycles. The van der Waals surface area contributed by atoms with Crippen molar-refractivity contribution in [2.75, 3.05) is 30.3 Å². The maximum Gasteiger partial charge on any atom is 0.150 e. The quantitative estimate of drug-likeness (QED) is 0.856. The van der Waals surface area contributed by atoms with Crippen LogP contribution < -0.4 is 10.6 Å². The Balaban J connectivity index is 2.31. The summed E-state index contributed by atoms with van der Waals surface area (Å²) < 4.78 is 5.64. The minimum absolute atomic E-state index is 0.211. The first-order valence-corrected chi connectivity index (χ1v) is 6.15. The molecule has 2 N–H and O–H groups in total. The van der Waals surface area contributed by atoms with Gasteiger partial charge in [0.05, 0.1) is 22.3 Å². The lowest BCUT2D eigenvalue weighted by Crippen LogP contribution is -2.48. The van der Waals surface area contributed by atoms with Crippen molar-refractivity contribution in [3.05, 3.63) is 16.1 Å². The first-order valence-electron chi connectivity index (χ1n) is 5.39. The van der Waals surface area contributed by atoms with Crippen LogP contribution in [-0.4, -0.2) is 30.3 Å². The minimum atomic E-state index is -0.211. The highest BCUT2D eigenvalue weighted by molar-refractivity contribution is 6.37. The summed E-state index contributed by atoms with van der Waals surface area (Å²) in [6.45, 7) is 6.18. The number of anilines is 2. The molecule has 1 aliphatic rings. The lowest BCUT2D eigenvalue weighted by atomic mass is 10.1. The van der Waals surface area contributed by atoms with E-state index in [0.29, 0.717) is 28.3 Å². The Kier molecular flexibility index (Phi) is 3.39. The van der Waals surface area contributed by atoms with Crippen molar-refractivity contribution in [1.29, 1.82) is 0 Å². The summed E-state index contributed by atoms with van der Waals surface area (Å²) in [5.41, 5.74) is 5.49. The van der Waals surface area contributed by atoms with Crippen LogP contribution in [-0.2, 0) is 4.74 Å². The third-order valence-corrected chi connectivity index (χ3v) is 3.24. The van der Waals surface area contributed by atoms with Crippen molar-refractivity contribution in [2.45, 2.75) is 19.4 Å². The molecule has 2 rings (SSSR count). The van der Waals surface area contributed by atoms with Crippen LogP contribution in [0.5, 0.6) is 0 Å². The van der Waals surface area contributed by atoms with E-state index in [1.165, 1.54) is 0 Å². The Morgan fingerprint density at radius 2 is 2.12 bits per heavy atom. The van der Waals surface area contributed by atoms with E-state index in [1.54, 1.807) is 6.07 Å². The second kappa shape index (κ2) is 4.52. The summed E-state index contributed by atoms with van der Waals surface area (Å²) in [6.07, 6.45) is 0. The summed E-state index contributed by atoms with van der Waals surface area (Å²) in [7, 11) is 0. The minimum Gasteiger partial charge on any atom is -0.382 e. The van der Waals surface area contributed by atoms with E-state index in [9.17, 15) is 0 Å². The molecule has 6 heteroatoms. The van der Waals surface area contributed by atoms with Crippen LogP contribution in [0, 0.1) is 0 Å². The average Bonchev–Trinajstić information content (AvgIpc) is 2.22. The molecule has 94 valence electrons. The number of nitrogen functional groups attached to an aromatic ring is 1. The maximum atomic E-state index is 6.14. The molecule has 1 fully saturated rings. The first-order chi connectivity index (χ1) is 7.89. The maximum absolute atomic E-state index is 6.14. The van der Waals surface area contributed by atoms with Gasteiger partial charge in [-0.1, -0.05) is 23.2 Å². The Hall–Kier alpha value is -0.710. The number of nitrogens with two attached hydrogens (primary N) is 1. The fourth-order valence-corrected chi connectivity index (χ4v) is 2.37. The number of hydrogen-bond donors (Lipinski definition) is 1. The van der Waals surface area contributed by atoms with Gasteiger partial charge >= 0.3 is 0 Å². The van der Waals surface area contributed by atoms with Crippen molar-refractivity contribution < 1.29 is 4.74 Å². The van der Waals surface area contributed by atoms with Gasteiger partial charge in [-0.05, 0) is 19.9 Å². The molecule has 17 heavy (non-hydrogen) atoms. The van der Waals surface area contributed by atoms with Gasteiger partial charge in [-0.15, -0.1) is 0 Å². The first kappa shape index (κ1) is 12.7. The van der Waals surface area contributed by atoms with Crippen LogP contribution in [0.2, 0.25) is 10.0 Å². The zero-order valence-electron chi connectivity index (χ0n) is 9.83. The summed E-state index contributed by atoms with van der Waals surface area (Å²) in [4.78, 5) is 6.31. The average molecular weight is 276 g/mol. The summed E-state index contributed by atoms with van der Waals surface area (Å²) in [5.74, 6) is 0.973. The van der Waals surface area contributed by atoms with E-state index < -0.39 is 0 Å². The van der Waals surface area contributed by atoms with Gasteiger partial charge in [0.15, 0.2) is 0 Å². The molecule has 1 aromatic heterocycles. The van der Waals surface area contributed by atoms with Crippen molar-refractivity contribution in [1.82, 2.24) is 4.98 Å². The van der Waals surface area contributed by atoms with Crippen molar-refractivity contribution in [2.24, 2.45) is 0 Å². The van der Waals surface area contributed by atoms with Crippen LogP contribution in [0.4, 0.5) is 11.6 Å². The molecule has 0 atom stereocenters. The molecule has 1 aromatic rings. The van der Waals surface area contributed by atoms with E-state index in [0.717, 1.165) is 13.1 Å². The van der Waals surface area contributed by atoms with Gasteiger partial charge in [-0.25, -0.2) is 4.98 Å². The van der Waals surface area contributed by atoms with Gasteiger partial charge in [0.2, 0.25) is 0 Å². The van der Waals surface area contributed by atoms with E-state index in [4.69, 9.17) is 33.7 Å². The number of aromatic nitrogens is 1. The number of hydrogen-bond acceptors (Lipinski definition) is 4. The number of morpholine rings is 1. The molecule has 4 nitrogen and oxygen atoms in total. The van der Waals surface area contributed by atoms with Gasteiger partial charge in [0, 0.05) is 13.1 Å². The molecule has 0 aliphatic carbocycles. The zero-order chi connectivity index (χ0) is 12.6. The number of nitrogens with zero attached hydrogens (tertiary/aromatic N) is 2. The molecule has 0 unspecified atom stereocenters. The van der Waals surface area contributed by atoms with Crippen LogP contribution in [0.25, 0.3) is 0 Å². The second-order valence-corrected chi connectivity index (χ2v) is 5.50. The largest absolute Gasteiger partial charge is 0.382 e. The van der Waals surface area contributed by atoms with Crippen LogP contribution in [0.15, 0.2) is 6.07 Å². The lowest BCUT2D eigenvalue weighted by molar-refractivity contribution is -0.0278. The Labute approximate surface area is 111 Å². The van der Waals surface area contributed by atoms with Crippen LogP contribution in [0.3, 0.4) is 0 Å². The van der Waals surface area contributed by atoms with Crippen LogP contribution in [0.1, 0.15) is 13.8 Å². The fourth-order valence-electron chi connectivity index (χ4n) is 1.89. The zero-order valence-corrected chi connectivity index (χ0v) is 11.3. The highest BCUT2D eigenvalue weighted by Gasteiger charge is 2.29. The number of ether oxygens (including phenoxy) is 1. The third-order valence-electron chi connectivity index (χ3n) is 2.66. The van der Waals surface area contributed by atoms with Gasteiger partial charge in [0.1, 0.15) is 11.6 Å². The normalized spacial score (nSPS) is 19.4. The SMILES string of the molecule is CC1(C)CN(c2nc(N)c(Cl)cc2Cl)CCO1. The molecule has 0 saturated carbocycles. The summed E-state index contributed by atoms with van der Waals surface area (Å²) in [5, 5.41) is 0.896. The highest BCUT2D eigenvalue weighted by Crippen LogP contribution is 2.32. The molecule has 0 aromatic carbocycles. The molecule has 1 saturated heterocycles. The Morgan fingerprint density at radius 1 is 1.41 bits per heavy atom. The molecule has 0 amide bonds. The van der Waals surface area contributed by atoms with Crippen LogP contribution >= 0.6 is 23.2 Å². The standard InChI is InChI=1S/C11H15Cl2N3O/c1-11(2)6-16(3-4-17-11)10-8(13)5-7(12)9(14)15-10/h5H,3-4,6H2,1-2H3,(H2,14,15). The number of pyridine rings is 1. The van der Waals surface area contributed by atoms with Gasteiger partial charge in [-0.3, -0.25) is 0 Å². The third kappa shape index (κ3) is 2.76.